The second-order valence-electron chi connectivity index (χ2n) is 7.48. The number of nitrogens with one attached hydrogen (secondary N) is 1. The van der Waals surface area contributed by atoms with Gasteiger partial charge in [-0.1, -0.05) is 24.3 Å². The summed E-state index contributed by atoms with van der Waals surface area (Å²) in [4.78, 5) is 16.6. The van der Waals surface area contributed by atoms with Gasteiger partial charge in [0.1, 0.15) is 6.61 Å². The number of aryl methyl sites for hydroxylation is 2. The molecule has 152 valence electrons. The molecule has 1 atom stereocenters. The molecule has 3 aromatic rings. The summed E-state index contributed by atoms with van der Waals surface area (Å²) in [6.07, 6.45) is 6.15. The number of aromatic amines is 1. The summed E-state index contributed by atoms with van der Waals surface area (Å²) in [7, 11) is 0. The summed E-state index contributed by atoms with van der Waals surface area (Å²) in [5.74, 6) is 0.690. The topological polar surface area (TPSA) is 109 Å². The van der Waals surface area contributed by atoms with Gasteiger partial charge in [0.2, 0.25) is 5.88 Å². The molecule has 8 nitrogen and oxygen atoms in total. The van der Waals surface area contributed by atoms with Crippen molar-refractivity contribution in [2.24, 2.45) is 5.92 Å². The number of ether oxygens (including phenoxy) is 1. The standard InChI is InChI=1S/C23H18N6O2/c1-13-4-3-5-21(29-23(30)26-27-28-29)20(13)12-31-22-9-8-16(14(2)25-22)15-6-7-17-18(10-15)19(17)11-24/h3-10,17H,12H2,1-2H3,(H,26,28,30)/t17-/m1/s1. The number of nitriles is 1. The fraction of sp³-hybridized carbons (Fsp3) is 0.174. The van der Waals surface area contributed by atoms with Crippen molar-refractivity contribution in [1.29, 1.82) is 5.26 Å². The lowest BCUT2D eigenvalue weighted by atomic mass is 9.98. The first-order valence-electron chi connectivity index (χ1n) is 9.81. The predicted molar refractivity (Wildman–Crippen MR) is 113 cm³/mol. The van der Waals surface area contributed by atoms with Gasteiger partial charge in [0.05, 0.1) is 11.8 Å². The van der Waals surface area contributed by atoms with Crippen LogP contribution in [-0.4, -0.2) is 25.2 Å². The van der Waals surface area contributed by atoms with Crippen molar-refractivity contribution in [2.75, 3.05) is 0 Å². The van der Waals surface area contributed by atoms with E-state index >= 15 is 0 Å². The second kappa shape index (κ2) is 7.22. The number of H-pyrrole nitrogens is 1. The van der Waals surface area contributed by atoms with Crippen LogP contribution in [0.1, 0.15) is 22.4 Å². The summed E-state index contributed by atoms with van der Waals surface area (Å²) in [5, 5.41) is 18.8. The largest absolute Gasteiger partial charge is 0.473 e. The lowest BCUT2D eigenvalue weighted by Gasteiger charge is -2.14. The van der Waals surface area contributed by atoms with Gasteiger partial charge < -0.3 is 4.74 Å². The third-order valence-electron chi connectivity index (χ3n) is 5.59. The van der Waals surface area contributed by atoms with Crippen LogP contribution in [-0.2, 0) is 6.61 Å². The normalized spacial score (nSPS) is 16.5. The predicted octanol–water partition coefficient (Wildman–Crippen LogP) is 2.95. The minimum atomic E-state index is -0.411. The Morgan fingerprint density at radius 1 is 1.26 bits per heavy atom. The number of tetrazole rings is 1. The first-order valence-corrected chi connectivity index (χ1v) is 9.81. The summed E-state index contributed by atoms with van der Waals surface area (Å²) >= 11 is 0. The molecule has 2 aliphatic rings. The molecule has 0 aliphatic heterocycles. The maximum atomic E-state index is 12.0. The van der Waals surface area contributed by atoms with Crippen molar-refractivity contribution in [2.45, 2.75) is 20.5 Å². The number of aromatic nitrogens is 5. The number of pyridine rings is 1. The van der Waals surface area contributed by atoms with E-state index in [1.165, 1.54) is 4.68 Å². The summed E-state index contributed by atoms with van der Waals surface area (Å²) in [6, 6.07) is 11.7. The Bertz CT molecular complexity index is 1400. The Balaban J connectivity index is 1.39. The quantitative estimate of drug-likeness (QED) is 0.693. The highest BCUT2D eigenvalue weighted by atomic mass is 16.5. The third kappa shape index (κ3) is 3.26. The Hall–Kier alpha value is -4.25. The molecule has 31 heavy (non-hydrogen) atoms. The van der Waals surface area contributed by atoms with Gasteiger partial charge in [-0.3, -0.25) is 0 Å². The van der Waals surface area contributed by atoms with Crippen LogP contribution < -0.4 is 10.4 Å². The molecule has 0 fully saturated rings. The second-order valence-corrected chi connectivity index (χ2v) is 7.48. The molecule has 2 heterocycles. The van der Waals surface area contributed by atoms with Crippen molar-refractivity contribution in [3.63, 3.8) is 0 Å². The van der Waals surface area contributed by atoms with Crippen LogP contribution in [0.4, 0.5) is 0 Å². The Kier molecular flexibility index (Phi) is 4.37. The van der Waals surface area contributed by atoms with Crippen molar-refractivity contribution >= 4 is 5.57 Å². The highest BCUT2D eigenvalue weighted by molar-refractivity contribution is 5.83. The minimum absolute atomic E-state index is 0.199. The van der Waals surface area contributed by atoms with E-state index in [0.717, 1.165) is 39.1 Å². The summed E-state index contributed by atoms with van der Waals surface area (Å²) in [6.45, 7) is 4.12. The SMILES string of the molecule is Cc1cccc(-n2nn[nH]c2=O)c1COc1ccc(C2=CC3=C(C#N)[C@@H]3C=C2)c(C)n1. The van der Waals surface area contributed by atoms with Crippen LogP contribution in [0.5, 0.6) is 5.88 Å². The van der Waals surface area contributed by atoms with E-state index in [4.69, 9.17) is 10.00 Å². The van der Waals surface area contributed by atoms with Crippen LogP contribution >= 0.6 is 0 Å². The smallest absolute Gasteiger partial charge is 0.365 e. The first-order chi connectivity index (χ1) is 15.1. The fourth-order valence-electron chi connectivity index (χ4n) is 3.84. The first kappa shape index (κ1) is 18.8. The van der Waals surface area contributed by atoms with Gasteiger partial charge in [-0.05, 0) is 59.2 Å². The molecule has 1 N–H and O–H groups in total. The monoisotopic (exact) mass is 410 g/mol. The molecule has 0 amide bonds. The molecular formula is C23H18N6O2. The zero-order valence-corrected chi connectivity index (χ0v) is 17.0. The molecule has 0 unspecified atom stereocenters. The maximum absolute atomic E-state index is 12.0. The molecule has 8 heteroatoms. The molecule has 0 radical (unpaired) electrons. The molecule has 1 aromatic carbocycles. The zero-order chi connectivity index (χ0) is 21.5. The Labute approximate surface area is 177 Å². The molecule has 0 spiro atoms. The lowest BCUT2D eigenvalue weighted by molar-refractivity contribution is 0.292. The summed E-state index contributed by atoms with van der Waals surface area (Å²) < 4.78 is 7.18. The number of allylic oxidation sites excluding steroid dienone is 6. The van der Waals surface area contributed by atoms with E-state index in [1.807, 2.05) is 44.2 Å². The van der Waals surface area contributed by atoms with Gasteiger partial charge in [0.25, 0.3) is 0 Å². The molecular weight excluding hydrogens is 392 g/mol. The number of hydrogen-bond donors (Lipinski definition) is 1. The number of hydrogen-bond acceptors (Lipinski definition) is 6. The van der Waals surface area contributed by atoms with Crippen LogP contribution in [0.3, 0.4) is 0 Å². The number of benzene rings is 1. The van der Waals surface area contributed by atoms with Crippen molar-refractivity contribution in [3.05, 3.63) is 92.6 Å². The molecule has 5 rings (SSSR count). The van der Waals surface area contributed by atoms with Crippen molar-refractivity contribution in [3.8, 4) is 17.6 Å². The van der Waals surface area contributed by atoms with Crippen LogP contribution in [0.15, 0.2) is 64.5 Å². The highest BCUT2D eigenvalue weighted by Crippen LogP contribution is 2.46. The van der Waals surface area contributed by atoms with Gasteiger partial charge in [-0.25, -0.2) is 14.9 Å². The van der Waals surface area contributed by atoms with Crippen LogP contribution in [0, 0.1) is 31.1 Å². The lowest BCUT2D eigenvalue weighted by Crippen LogP contribution is -2.18. The van der Waals surface area contributed by atoms with E-state index in [1.54, 1.807) is 6.07 Å². The molecule has 2 aromatic heterocycles. The zero-order valence-electron chi connectivity index (χ0n) is 17.0. The Morgan fingerprint density at radius 2 is 2.13 bits per heavy atom. The highest BCUT2D eigenvalue weighted by Gasteiger charge is 2.35. The van der Waals surface area contributed by atoms with E-state index in [0.29, 0.717) is 11.6 Å². The van der Waals surface area contributed by atoms with E-state index in [2.05, 4.69) is 38.7 Å². The molecule has 0 saturated heterocycles. The maximum Gasteiger partial charge on any atom is 0.365 e. The number of nitrogens with zero attached hydrogens (tertiary/aromatic N) is 5. The third-order valence-corrected chi connectivity index (χ3v) is 5.59. The summed E-state index contributed by atoms with van der Waals surface area (Å²) in [5.41, 5.74) is 6.83. The van der Waals surface area contributed by atoms with Crippen LogP contribution in [0.25, 0.3) is 11.3 Å². The van der Waals surface area contributed by atoms with Crippen LogP contribution in [0.2, 0.25) is 0 Å². The minimum Gasteiger partial charge on any atom is -0.473 e. The van der Waals surface area contributed by atoms with Crippen molar-refractivity contribution in [1.82, 2.24) is 25.2 Å². The van der Waals surface area contributed by atoms with Gasteiger partial charge in [-0.2, -0.15) is 9.94 Å². The van der Waals surface area contributed by atoms with E-state index in [9.17, 15) is 4.79 Å². The Morgan fingerprint density at radius 3 is 2.87 bits per heavy atom. The van der Waals surface area contributed by atoms with Gasteiger partial charge in [-0.15, -0.1) is 0 Å². The average Bonchev–Trinajstić information content (AvgIpc) is 3.31. The van der Waals surface area contributed by atoms with Gasteiger partial charge in [0.15, 0.2) is 0 Å². The molecule has 2 aliphatic carbocycles. The fourth-order valence-corrected chi connectivity index (χ4v) is 3.84. The van der Waals surface area contributed by atoms with E-state index in [-0.39, 0.29) is 12.5 Å². The van der Waals surface area contributed by atoms with Gasteiger partial charge >= 0.3 is 5.69 Å². The van der Waals surface area contributed by atoms with Crippen molar-refractivity contribution < 1.29 is 4.74 Å². The number of fused-ring (bicyclic) bond motifs is 1. The average molecular weight is 410 g/mol. The number of rotatable bonds is 5. The molecule has 0 saturated carbocycles. The molecule has 0 bridgehead atoms. The van der Waals surface area contributed by atoms with E-state index < -0.39 is 5.69 Å². The van der Waals surface area contributed by atoms with Gasteiger partial charge in [0, 0.05) is 34.4 Å².